The second-order valence-corrected chi connectivity index (χ2v) is 11.3. The highest BCUT2D eigenvalue weighted by Gasteiger charge is 2.36. The summed E-state index contributed by atoms with van der Waals surface area (Å²) >= 11 is 0. The van der Waals surface area contributed by atoms with Crippen molar-refractivity contribution in [3.63, 3.8) is 0 Å². The molecule has 1 aliphatic heterocycles. The fourth-order valence-electron chi connectivity index (χ4n) is 4.55. The van der Waals surface area contributed by atoms with Gasteiger partial charge in [-0.25, -0.2) is 9.59 Å². The number of allylic oxidation sites excluding steroid dienone is 1. The molecule has 2 N–H and O–H groups in total. The molecule has 0 saturated carbocycles. The summed E-state index contributed by atoms with van der Waals surface area (Å²) in [6.45, 7) is 17.1. The third kappa shape index (κ3) is 8.41. The average Bonchev–Trinajstić information content (AvgIpc) is 2.73. The summed E-state index contributed by atoms with van der Waals surface area (Å²) in [6.07, 6.45) is 2.15. The van der Waals surface area contributed by atoms with Gasteiger partial charge in [0.1, 0.15) is 0 Å². The molecule has 1 aromatic carbocycles. The summed E-state index contributed by atoms with van der Waals surface area (Å²) in [7, 11) is 0. The van der Waals surface area contributed by atoms with E-state index in [0.29, 0.717) is 42.1 Å². The number of nitrogens with one attached hydrogen (secondary N) is 2. The van der Waals surface area contributed by atoms with Gasteiger partial charge in [-0.05, 0) is 54.7 Å². The minimum absolute atomic E-state index is 0.0519. The van der Waals surface area contributed by atoms with Crippen LogP contribution in [-0.4, -0.2) is 36.0 Å². The van der Waals surface area contributed by atoms with Gasteiger partial charge in [0.15, 0.2) is 0 Å². The van der Waals surface area contributed by atoms with E-state index in [4.69, 9.17) is 4.74 Å². The molecule has 1 aliphatic rings. The van der Waals surface area contributed by atoms with Crippen molar-refractivity contribution in [2.24, 2.45) is 17.3 Å². The van der Waals surface area contributed by atoms with Crippen LogP contribution in [0.25, 0.3) is 0 Å². The van der Waals surface area contributed by atoms with Gasteiger partial charge in [-0.1, -0.05) is 60.6 Å². The molecule has 194 valence electrons. The largest absolute Gasteiger partial charge is 0.462 e. The molecule has 2 unspecified atom stereocenters. The first-order valence-electron chi connectivity index (χ1n) is 12.7. The van der Waals surface area contributed by atoms with Crippen molar-refractivity contribution in [2.75, 3.05) is 18.5 Å². The van der Waals surface area contributed by atoms with Gasteiger partial charge in [0.2, 0.25) is 5.91 Å². The number of nitrogens with zero attached hydrogens (tertiary/aromatic N) is 1. The number of amides is 3. The molecule has 7 heteroatoms. The molecule has 0 saturated heterocycles. The summed E-state index contributed by atoms with van der Waals surface area (Å²) in [5, 5.41) is 5.95. The maximum atomic E-state index is 13.1. The first-order chi connectivity index (χ1) is 16.3. The molecular weight excluding hydrogens is 442 g/mol. The van der Waals surface area contributed by atoms with Crippen LogP contribution in [0, 0.1) is 17.3 Å². The number of anilines is 1. The minimum Gasteiger partial charge on any atom is -0.462 e. The summed E-state index contributed by atoms with van der Waals surface area (Å²) in [4.78, 5) is 40.2. The van der Waals surface area contributed by atoms with Crippen LogP contribution in [-0.2, 0) is 14.3 Å². The molecule has 2 atom stereocenters. The van der Waals surface area contributed by atoms with Crippen LogP contribution in [0.1, 0.15) is 86.3 Å². The normalized spacial score (nSPS) is 17.3. The Morgan fingerprint density at radius 3 is 2.49 bits per heavy atom. The first-order valence-corrected chi connectivity index (χ1v) is 12.7. The van der Waals surface area contributed by atoms with Crippen molar-refractivity contribution in [3.8, 4) is 0 Å². The van der Waals surface area contributed by atoms with Crippen molar-refractivity contribution in [3.05, 3.63) is 41.1 Å². The third-order valence-corrected chi connectivity index (χ3v) is 5.81. The van der Waals surface area contributed by atoms with E-state index in [1.807, 2.05) is 45.0 Å². The lowest BCUT2D eigenvalue weighted by Gasteiger charge is -2.35. The standard InChI is InChI=1S/C28H43N3O4/c1-9-13-31-20(5)24(26(33)35-17-18(2)3)25(30-27(31)34)21-11-10-12-22(15-21)29-23(32)14-19(4)16-28(6,7)8/h10-12,15,18-19,25H,9,13-14,16-17H2,1-8H3,(H,29,32)(H,30,34). The highest BCUT2D eigenvalue weighted by Crippen LogP contribution is 2.33. The topological polar surface area (TPSA) is 87.7 Å². The molecule has 3 amide bonds. The number of ether oxygens (including phenoxy) is 1. The summed E-state index contributed by atoms with van der Waals surface area (Å²) in [5.74, 6) is -0.0348. The third-order valence-electron chi connectivity index (χ3n) is 5.81. The van der Waals surface area contributed by atoms with E-state index in [1.54, 1.807) is 11.8 Å². The number of urea groups is 1. The number of hydrogen-bond donors (Lipinski definition) is 2. The predicted octanol–water partition coefficient (Wildman–Crippen LogP) is 6.04. The molecule has 1 aromatic rings. The minimum atomic E-state index is -0.660. The fourth-order valence-corrected chi connectivity index (χ4v) is 4.55. The molecule has 35 heavy (non-hydrogen) atoms. The maximum absolute atomic E-state index is 13.1. The Bertz CT molecular complexity index is 946. The van der Waals surface area contributed by atoms with Crippen LogP contribution < -0.4 is 10.6 Å². The quantitative estimate of drug-likeness (QED) is 0.396. The zero-order chi connectivity index (χ0) is 26.3. The van der Waals surface area contributed by atoms with Crippen molar-refractivity contribution in [1.82, 2.24) is 10.2 Å². The molecular formula is C28H43N3O4. The number of hydrogen-bond acceptors (Lipinski definition) is 4. The molecule has 0 spiro atoms. The molecule has 0 aliphatic carbocycles. The van der Waals surface area contributed by atoms with E-state index in [0.717, 1.165) is 12.8 Å². The van der Waals surface area contributed by atoms with Crippen LogP contribution in [0.15, 0.2) is 35.5 Å². The maximum Gasteiger partial charge on any atom is 0.338 e. The predicted molar refractivity (Wildman–Crippen MR) is 140 cm³/mol. The summed E-state index contributed by atoms with van der Waals surface area (Å²) in [6, 6.07) is 6.39. The van der Waals surface area contributed by atoms with Crippen LogP contribution in [0.5, 0.6) is 0 Å². The second-order valence-electron chi connectivity index (χ2n) is 11.3. The zero-order valence-electron chi connectivity index (χ0n) is 22.7. The number of esters is 1. The smallest absolute Gasteiger partial charge is 0.338 e. The Kier molecular flexibility index (Phi) is 9.92. The van der Waals surface area contributed by atoms with Gasteiger partial charge in [0.05, 0.1) is 18.2 Å². The number of carbonyl (C=O) groups excluding carboxylic acids is 3. The van der Waals surface area contributed by atoms with Gasteiger partial charge >= 0.3 is 12.0 Å². The van der Waals surface area contributed by atoms with Crippen LogP contribution in [0.2, 0.25) is 0 Å². The summed E-state index contributed by atoms with van der Waals surface area (Å²) in [5.41, 5.74) is 2.52. The fraction of sp³-hybridized carbons (Fsp3) is 0.607. The Balaban J connectivity index is 2.30. The number of benzene rings is 1. The van der Waals surface area contributed by atoms with E-state index >= 15 is 0 Å². The number of carbonyl (C=O) groups is 3. The van der Waals surface area contributed by atoms with Gasteiger partial charge in [-0.2, -0.15) is 0 Å². The van der Waals surface area contributed by atoms with Gasteiger partial charge < -0.3 is 15.4 Å². The first kappa shape index (κ1) is 28.4. The lowest BCUT2D eigenvalue weighted by atomic mass is 9.84. The Morgan fingerprint density at radius 1 is 1.20 bits per heavy atom. The van der Waals surface area contributed by atoms with E-state index < -0.39 is 12.0 Å². The monoisotopic (exact) mass is 485 g/mol. The van der Waals surface area contributed by atoms with Crippen LogP contribution >= 0.6 is 0 Å². The van der Waals surface area contributed by atoms with E-state index in [9.17, 15) is 14.4 Å². The van der Waals surface area contributed by atoms with Crippen molar-refractivity contribution in [2.45, 2.75) is 80.7 Å². The lowest BCUT2D eigenvalue weighted by molar-refractivity contribution is -0.140. The van der Waals surface area contributed by atoms with Crippen molar-refractivity contribution < 1.29 is 19.1 Å². The Hall–Kier alpha value is -2.83. The summed E-state index contributed by atoms with van der Waals surface area (Å²) < 4.78 is 5.56. The van der Waals surface area contributed by atoms with Crippen molar-refractivity contribution in [1.29, 1.82) is 0 Å². The molecule has 0 bridgehead atoms. The Morgan fingerprint density at radius 2 is 1.89 bits per heavy atom. The van der Waals surface area contributed by atoms with E-state index in [1.165, 1.54) is 0 Å². The molecule has 0 aromatic heterocycles. The molecule has 0 fully saturated rings. The Labute approximate surface area is 210 Å². The van der Waals surface area contributed by atoms with E-state index in [-0.39, 0.29) is 29.2 Å². The molecule has 1 heterocycles. The van der Waals surface area contributed by atoms with Crippen LogP contribution in [0.4, 0.5) is 10.5 Å². The van der Waals surface area contributed by atoms with Gasteiger partial charge in [-0.15, -0.1) is 0 Å². The SMILES string of the molecule is CCCN1C(=O)NC(c2cccc(NC(=O)CC(C)CC(C)(C)C)c2)C(C(=O)OCC(C)C)=C1C. The molecule has 0 radical (unpaired) electrons. The van der Waals surface area contributed by atoms with Gasteiger partial charge in [-0.3, -0.25) is 9.69 Å². The van der Waals surface area contributed by atoms with E-state index in [2.05, 4.69) is 38.3 Å². The zero-order valence-corrected chi connectivity index (χ0v) is 22.7. The molecule has 2 rings (SSSR count). The lowest BCUT2D eigenvalue weighted by Crippen LogP contribution is -2.48. The number of rotatable bonds is 10. The second kappa shape index (κ2) is 12.2. The van der Waals surface area contributed by atoms with Crippen molar-refractivity contribution >= 4 is 23.6 Å². The highest BCUT2D eigenvalue weighted by atomic mass is 16.5. The van der Waals surface area contributed by atoms with Gasteiger partial charge in [0, 0.05) is 24.4 Å². The average molecular weight is 486 g/mol. The van der Waals surface area contributed by atoms with Gasteiger partial charge in [0.25, 0.3) is 0 Å². The highest BCUT2D eigenvalue weighted by molar-refractivity contribution is 5.95. The molecule has 7 nitrogen and oxygen atoms in total. The van der Waals surface area contributed by atoms with Crippen LogP contribution in [0.3, 0.4) is 0 Å².